The minimum absolute atomic E-state index is 0.557. The molecule has 4 heteroatoms. The SMILES string of the molecule is CN1CCC(Cc2cn3c(CN)cccc3n2)CC1. The van der Waals surface area contributed by atoms with E-state index in [1.54, 1.807) is 0 Å². The van der Waals surface area contributed by atoms with Gasteiger partial charge in [0.05, 0.1) is 5.69 Å². The van der Waals surface area contributed by atoms with Crippen LogP contribution in [0.3, 0.4) is 0 Å². The molecule has 2 N–H and O–H groups in total. The van der Waals surface area contributed by atoms with Crippen LogP contribution in [-0.2, 0) is 13.0 Å². The molecular weight excluding hydrogens is 236 g/mol. The van der Waals surface area contributed by atoms with E-state index in [0.29, 0.717) is 6.54 Å². The molecule has 2 aromatic rings. The average Bonchev–Trinajstić information content (AvgIpc) is 2.83. The summed E-state index contributed by atoms with van der Waals surface area (Å²) in [6.45, 7) is 2.99. The highest BCUT2D eigenvalue weighted by atomic mass is 15.1. The predicted octanol–water partition coefficient (Wildman–Crippen LogP) is 1.68. The Labute approximate surface area is 114 Å². The van der Waals surface area contributed by atoms with Crippen LogP contribution >= 0.6 is 0 Å². The zero-order valence-corrected chi connectivity index (χ0v) is 11.5. The molecule has 3 heterocycles. The largest absolute Gasteiger partial charge is 0.325 e. The molecule has 2 aromatic heterocycles. The topological polar surface area (TPSA) is 46.6 Å². The van der Waals surface area contributed by atoms with Crippen LogP contribution in [0.15, 0.2) is 24.4 Å². The molecule has 0 saturated carbocycles. The smallest absolute Gasteiger partial charge is 0.137 e. The van der Waals surface area contributed by atoms with Gasteiger partial charge in [-0.1, -0.05) is 6.07 Å². The van der Waals surface area contributed by atoms with Gasteiger partial charge in [-0.05, 0) is 57.5 Å². The second-order valence-electron chi connectivity index (χ2n) is 5.63. The lowest BCUT2D eigenvalue weighted by Gasteiger charge is -2.28. The fraction of sp³-hybridized carbons (Fsp3) is 0.533. The van der Waals surface area contributed by atoms with Crippen molar-refractivity contribution in [2.24, 2.45) is 11.7 Å². The van der Waals surface area contributed by atoms with Crippen LogP contribution in [0.25, 0.3) is 5.65 Å². The zero-order valence-electron chi connectivity index (χ0n) is 11.5. The standard InChI is InChI=1S/C15H22N4/c1-18-7-5-12(6-8-18)9-13-11-19-14(10-16)3-2-4-15(19)17-13/h2-4,11-12H,5-10,16H2,1H3. The molecule has 1 saturated heterocycles. The van der Waals surface area contributed by atoms with Crippen LogP contribution < -0.4 is 5.73 Å². The molecule has 0 unspecified atom stereocenters. The van der Waals surface area contributed by atoms with Gasteiger partial charge < -0.3 is 15.0 Å². The maximum Gasteiger partial charge on any atom is 0.137 e. The van der Waals surface area contributed by atoms with Gasteiger partial charge in [0, 0.05) is 18.4 Å². The maximum atomic E-state index is 5.77. The Morgan fingerprint density at radius 1 is 1.32 bits per heavy atom. The van der Waals surface area contributed by atoms with Gasteiger partial charge in [-0.25, -0.2) is 4.98 Å². The molecule has 0 aromatic carbocycles. The molecule has 19 heavy (non-hydrogen) atoms. The molecule has 0 radical (unpaired) electrons. The minimum atomic E-state index is 0.557. The molecule has 1 aliphatic heterocycles. The van der Waals surface area contributed by atoms with Gasteiger partial charge in [0.15, 0.2) is 0 Å². The lowest BCUT2D eigenvalue weighted by atomic mass is 9.93. The van der Waals surface area contributed by atoms with Gasteiger partial charge in [-0.2, -0.15) is 0 Å². The number of nitrogens with zero attached hydrogens (tertiary/aromatic N) is 3. The van der Waals surface area contributed by atoms with Gasteiger partial charge in [0.1, 0.15) is 5.65 Å². The van der Waals surface area contributed by atoms with E-state index < -0.39 is 0 Å². The number of rotatable bonds is 3. The van der Waals surface area contributed by atoms with E-state index in [1.807, 2.05) is 6.07 Å². The highest BCUT2D eigenvalue weighted by molar-refractivity contribution is 5.41. The third kappa shape index (κ3) is 2.65. The molecule has 1 fully saturated rings. The average molecular weight is 258 g/mol. The molecule has 1 aliphatic rings. The summed E-state index contributed by atoms with van der Waals surface area (Å²) < 4.78 is 2.13. The van der Waals surface area contributed by atoms with Crippen molar-refractivity contribution in [2.45, 2.75) is 25.8 Å². The van der Waals surface area contributed by atoms with E-state index in [1.165, 1.54) is 31.6 Å². The molecular formula is C15H22N4. The first kappa shape index (κ1) is 12.6. The Balaban J connectivity index is 1.78. The second-order valence-corrected chi connectivity index (χ2v) is 5.63. The summed E-state index contributed by atoms with van der Waals surface area (Å²) in [5.74, 6) is 0.780. The Hall–Kier alpha value is -1.39. The van der Waals surface area contributed by atoms with Gasteiger partial charge in [-0.15, -0.1) is 0 Å². The minimum Gasteiger partial charge on any atom is -0.325 e. The van der Waals surface area contributed by atoms with E-state index in [0.717, 1.165) is 23.7 Å². The summed E-state index contributed by atoms with van der Waals surface area (Å²) in [5.41, 5.74) is 9.12. The van der Waals surface area contributed by atoms with Crippen LogP contribution in [0.4, 0.5) is 0 Å². The first-order valence-electron chi connectivity index (χ1n) is 7.11. The molecule has 0 spiro atoms. The number of nitrogens with two attached hydrogens (primary N) is 1. The lowest BCUT2D eigenvalue weighted by molar-refractivity contribution is 0.218. The van der Waals surface area contributed by atoms with Crippen molar-refractivity contribution in [3.63, 3.8) is 0 Å². The summed E-state index contributed by atoms with van der Waals surface area (Å²) in [7, 11) is 2.20. The summed E-state index contributed by atoms with van der Waals surface area (Å²) in [4.78, 5) is 7.14. The van der Waals surface area contributed by atoms with Crippen LogP contribution in [0.1, 0.15) is 24.2 Å². The first-order chi connectivity index (χ1) is 9.26. The normalized spacial score (nSPS) is 18.2. The Morgan fingerprint density at radius 2 is 2.11 bits per heavy atom. The van der Waals surface area contributed by atoms with E-state index in [9.17, 15) is 0 Å². The number of piperidine rings is 1. The van der Waals surface area contributed by atoms with Crippen molar-refractivity contribution in [3.05, 3.63) is 35.8 Å². The van der Waals surface area contributed by atoms with Crippen molar-refractivity contribution in [1.82, 2.24) is 14.3 Å². The molecule has 102 valence electrons. The Kier molecular flexibility index (Phi) is 3.53. The Bertz CT molecular complexity index is 552. The molecule has 3 rings (SSSR count). The quantitative estimate of drug-likeness (QED) is 0.911. The molecule has 0 atom stereocenters. The lowest BCUT2D eigenvalue weighted by Crippen LogP contribution is -2.30. The summed E-state index contributed by atoms with van der Waals surface area (Å²) in [6, 6.07) is 6.15. The molecule has 0 aliphatic carbocycles. The zero-order chi connectivity index (χ0) is 13.2. The summed E-state index contributed by atoms with van der Waals surface area (Å²) in [5, 5.41) is 0. The van der Waals surface area contributed by atoms with E-state index in [4.69, 9.17) is 10.7 Å². The fourth-order valence-corrected chi connectivity index (χ4v) is 2.94. The van der Waals surface area contributed by atoms with Crippen molar-refractivity contribution >= 4 is 5.65 Å². The van der Waals surface area contributed by atoms with E-state index in [-0.39, 0.29) is 0 Å². The van der Waals surface area contributed by atoms with Crippen molar-refractivity contribution in [3.8, 4) is 0 Å². The molecule has 0 bridgehead atoms. The maximum absolute atomic E-state index is 5.77. The third-order valence-electron chi connectivity index (χ3n) is 4.17. The van der Waals surface area contributed by atoms with Crippen molar-refractivity contribution < 1.29 is 0 Å². The van der Waals surface area contributed by atoms with Gasteiger partial charge >= 0.3 is 0 Å². The first-order valence-corrected chi connectivity index (χ1v) is 7.11. The highest BCUT2D eigenvalue weighted by Crippen LogP contribution is 2.21. The number of fused-ring (bicyclic) bond motifs is 1. The van der Waals surface area contributed by atoms with Crippen LogP contribution in [0.2, 0.25) is 0 Å². The van der Waals surface area contributed by atoms with Gasteiger partial charge in [-0.3, -0.25) is 0 Å². The van der Waals surface area contributed by atoms with Crippen LogP contribution in [-0.4, -0.2) is 34.4 Å². The van der Waals surface area contributed by atoms with E-state index >= 15 is 0 Å². The van der Waals surface area contributed by atoms with Crippen LogP contribution in [0.5, 0.6) is 0 Å². The van der Waals surface area contributed by atoms with Crippen LogP contribution in [0, 0.1) is 5.92 Å². The van der Waals surface area contributed by atoms with Gasteiger partial charge in [0.25, 0.3) is 0 Å². The number of imidazole rings is 1. The predicted molar refractivity (Wildman–Crippen MR) is 77.0 cm³/mol. The summed E-state index contributed by atoms with van der Waals surface area (Å²) in [6.07, 6.45) is 5.83. The fourth-order valence-electron chi connectivity index (χ4n) is 2.94. The van der Waals surface area contributed by atoms with Crippen molar-refractivity contribution in [1.29, 1.82) is 0 Å². The summed E-state index contributed by atoms with van der Waals surface area (Å²) >= 11 is 0. The molecule has 4 nitrogen and oxygen atoms in total. The Morgan fingerprint density at radius 3 is 2.84 bits per heavy atom. The van der Waals surface area contributed by atoms with E-state index in [2.05, 4.69) is 34.7 Å². The molecule has 0 amide bonds. The number of likely N-dealkylation sites (tertiary alicyclic amines) is 1. The van der Waals surface area contributed by atoms with Crippen molar-refractivity contribution in [2.75, 3.05) is 20.1 Å². The number of hydrogen-bond acceptors (Lipinski definition) is 3. The second kappa shape index (κ2) is 5.31. The van der Waals surface area contributed by atoms with Gasteiger partial charge in [0.2, 0.25) is 0 Å². The number of pyridine rings is 1. The highest BCUT2D eigenvalue weighted by Gasteiger charge is 2.18. The monoisotopic (exact) mass is 258 g/mol. The number of aromatic nitrogens is 2. The number of hydrogen-bond donors (Lipinski definition) is 1. The third-order valence-corrected chi connectivity index (χ3v) is 4.17.